The van der Waals surface area contributed by atoms with Gasteiger partial charge in [0, 0.05) is 17.5 Å². The van der Waals surface area contributed by atoms with E-state index >= 15 is 0 Å². The van der Waals surface area contributed by atoms with Gasteiger partial charge in [0.25, 0.3) is 0 Å². The van der Waals surface area contributed by atoms with Crippen molar-refractivity contribution in [2.24, 2.45) is 0 Å². The first-order chi connectivity index (χ1) is 7.81. The van der Waals surface area contributed by atoms with Crippen LogP contribution in [0.4, 0.5) is 5.95 Å². The highest BCUT2D eigenvalue weighted by Crippen LogP contribution is 2.29. The summed E-state index contributed by atoms with van der Waals surface area (Å²) in [6.45, 7) is 0. The van der Waals surface area contributed by atoms with E-state index in [1.807, 2.05) is 17.8 Å². The maximum atomic E-state index is 8.73. The number of aromatic nitrogens is 2. The molecule has 1 aliphatic carbocycles. The molecule has 0 aliphatic heterocycles. The maximum Gasteiger partial charge on any atom is 0.224 e. The van der Waals surface area contributed by atoms with Gasteiger partial charge in [-0.15, -0.1) is 0 Å². The monoisotopic (exact) mass is 234 g/mol. The zero-order chi connectivity index (χ0) is 11.4. The van der Waals surface area contributed by atoms with E-state index in [0.717, 1.165) is 18.1 Å². The molecule has 16 heavy (non-hydrogen) atoms. The van der Waals surface area contributed by atoms with E-state index in [1.165, 1.54) is 6.42 Å². The average Bonchev–Trinajstić information content (AvgIpc) is 2.77. The lowest BCUT2D eigenvalue weighted by Crippen LogP contribution is -2.18. The highest BCUT2D eigenvalue weighted by molar-refractivity contribution is 7.99. The third kappa shape index (κ3) is 2.64. The van der Waals surface area contributed by atoms with Crippen molar-refractivity contribution in [3.05, 3.63) is 18.0 Å². The van der Waals surface area contributed by atoms with Gasteiger partial charge in [-0.25, -0.2) is 9.97 Å². The molecule has 0 bridgehead atoms. The van der Waals surface area contributed by atoms with Crippen molar-refractivity contribution in [3.63, 3.8) is 0 Å². The predicted octanol–water partition coefficient (Wildman–Crippen LogP) is 2.04. The molecule has 1 aromatic rings. The molecule has 5 heteroatoms. The van der Waals surface area contributed by atoms with E-state index in [9.17, 15) is 0 Å². The Morgan fingerprint density at radius 3 is 3.12 bits per heavy atom. The van der Waals surface area contributed by atoms with Gasteiger partial charge in [0.15, 0.2) is 0 Å². The fourth-order valence-electron chi connectivity index (χ4n) is 1.96. The van der Waals surface area contributed by atoms with Crippen LogP contribution in [0.2, 0.25) is 0 Å². The minimum absolute atomic E-state index is 0.414. The van der Waals surface area contributed by atoms with Crippen LogP contribution in [0.3, 0.4) is 0 Å². The quantitative estimate of drug-likeness (QED) is 0.867. The van der Waals surface area contributed by atoms with E-state index in [4.69, 9.17) is 5.26 Å². The van der Waals surface area contributed by atoms with Gasteiger partial charge in [-0.2, -0.15) is 17.0 Å². The Morgan fingerprint density at radius 1 is 1.56 bits per heavy atom. The molecule has 0 saturated heterocycles. The Hall–Kier alpha value is -1.28. The lowest BCUT2D eigenvalue weighted by atomic mass is 10.2. The second-order valence-electron chi connectivity index (χ2n) is 3.89. The molecule has 1 heterocycles. The number of nitriles is 1. The van der Waals surface area contributed by atoms with Gasteiger partial charge in [0.2, 0.25) is 5.95 Å². The van der Waals surface area contributed by atoms with E-state index in [-0.39, 0.29) is 0 Å². The van der Waals surface area contributed by atoms with E-state index in [2.05, 4.69) is 21.5 Å². The molecule has 1 aliphatic rings. The summed E-state index contributed by atoms with van der Waals surface area (Å²) in [5, 5.41) is 12.8. The number of thioether (sulfide) groups is 1. The van der Waals surface area contributed by atoms with Crippen LogP contribution in [-0.4, -0.2) is 27.5 Å². The van der Waals surface area contributed by atoms with Crippen molar-refractivity contribution in [2.75, 3.05) is 11.6 Å². The zero-order valence-corrected chi connectivity index (χ0v) is 10.00. The topological polar surface area (TPSA) is 61.6 Å². The molecule has 1 aromatic heterocycles. The molecule has 0 radical (unpaired) electrons. The molecule has 1 saturated carbocycles. The summed E-state index contributed by atoms with van der Waals surface area (Å²) in [6.07, 6.45) is 7.33. The van der Waals surface area contributed by atoms with Crippen LogP contribution in [0.25, 0.3) is 0 Å². The normalized spacial score (nSPS) is 24.0. The molecule has 2 unspecified atom stereocenters. The van der Waals surface area contributed by atoms with Gasteiger partial charge in [-0.05, 0) is 31.6 Å². The lowest BCUT2D eigenvalue weighted by molar-refractivity contribution is 0.745. The fraction of sp³-hybridized carbons (Fsp3) is 0.545. The Kier molecular flexibility index (Phi) is 3.62. The van der Waals surface area contributed by atoms with Gasteiger partial charge in [0.1, 0.15) is 11.8 Å². The first-order valence-corrected chi connectivity index (χ1v) is 6.63. The standard InChI is InChI=1S/C11H14N4S/c1-16-10-3-2-8(6-10)14-11-13-5-4-9(7-12)15-11/h4-5,8,10H,2-3,6H2,1H3,(H,13,14,15). The smallest absolute Gasteiger partial charge is 0.224 e. The number of hydrogen-bond donors (Lipinski definition) is 1. The van der Waals surface area contributed by atoms with Crippen LogP contribution in [0.5, 0.6) is 0 Å². The Labute approximate surface area is 99.5 Å². The molecule has 4 nitrogen and oxygen atoms in total. The number of nitrogens with zero attached hydrogens (tertiary/aromatic N) is 3. The zero-order valence-electron chi connectivity index (χ0n) is 9.18. The van der Waals surface area contributed by atoms with Crippen molar-refractivity contribution >= 4 is 17.7 Å². The minimum atomic E-state index is 0.414. The minimum Gasteiger partial charge on any atom is -0.351 e. The van der Waals surface area contributed by atoms with Gasteiger partial charge in [-0.3, -0.25) is 0 Å². The Morgan fingerprint density at radius 2 is 2.44 bits per heavy atom. The fourth-order valence-corrected chi connectivity index (χ4v) is 2.75. The summed E-state index contributed by atoms with van der Waals surface area (Å²) in [5.41, 5.74) is 0.414. The van der Waals surface area contributed by atoms with E-state index < -0.39 is 0 Å². The van der Waals surface area contributed by atoms with Crippen molar-refractivity contribution in [1.29, 1.82) is 5.26 Å². The molecule has 1 fully saturated rings. The number of anilines is 1. The van der Waals surface area contributed by atoms with Crippen molar-refractivity contribution in [1.82, 2.24) is 9.97 Å². The molecule has 0 amide bonds. The van der Waals surface area contributed by atoms with Crippen molar-refractivity contribution in [2.45, 2.75) is 30.6 Å². The highest BCUT2D eigenvalue weighted by atomic mass is 32.2. The average molecular weight is 234 g/mol. The van der Waals surface area contributed by atoms with Gasteiger partial charge >= 0.3 is 0 Å². The second kappa shape index (κ2) is 5.17. The predicted molar refractivity (Wildman–Crippen MR) is 65.3 cm³/mol. The third-order valence-electron chi connectivity index (χ3n) is 2.82. The summed E-state index contributed by atoms with van der Waals surface area (Å²) < 4.78 is 0. The van der Waals surface area contributed by atoms with Gasteiger partial charge in [-0.1, -0.05) is 0 Å². The first-order valence-electron chi connectivity index (χ1n) is 5.34. The molecule has 2 atom stereocenters. The molecule has 84 valence electrons. The van der Waals surface area contributed by atoms with Crippen LogP contribution >= 0.6 is 11.8 Å². The van der Waals surface area contributed by atoms with Crippen LogP contribution in [0.1, 0.15) is 25.0 Å². The molecule has 2 rings (SSSR count). The van der Waals surface area contributed by atoms with E-state index in [0.29, 0.717) is 17.7 Å². The van der Waals surface area contributed by atoms with Crippen molar-refractivity contribution < 1.29 is 0 Å². The van der Waals surface area contributed by atoms with Crippen LogP contribution < -0.4 is 5.32 Å². The number of rotatable bonds is 3. The van der Waals surface area contributed by atoms with Crippen LogP contribution in [0, 0.1) is 11.3 Å². The third-order valence-corrected chi connectivity index (χ3v) is 3.92. The summed E-state index contributed by atoms with van der Waals surface area (Å²) in [4.78, 5) is 8.24. The molecular weight excluding hydrogens is 220 g/mol. The summed E-state index contributed by atoms with van der Waals surface area (Å²) in [7, 11) is 0. The van der Waals surface area contributed by atoms with Crippen molar-refractivity contribution in [3.8, 4) is 6.07 Å². The lowest BCUT2D eigenvalue weighted by Gasteiger charge is -2.12. The Bertz CT molecular complexity index is 401. The molecular formula is C11H14N4S. The van der Waals surface area contributed by atoms with Crippen LogP contribution in [0.15, 0.2) is 12.3 Å². The highest BCUT2D eigenvalue weighted by Gasteiger charge is 2.24. The summed E-state index contributed by atoms with van der Waals surface area (Å²) in [5.74, 6) is 0.575. The SMILES string of the molecule is CSC1CCC(Nc2nccc(C#N)n2)C1. The largest absolute Gasteiger partial charge is 0.351 e. The first kappa shape index (κ1) is 11.2. The van der Waals surface area contributed by atoms with Gasteiger partial charge < -0.3 is 5.32 Å². The molecule has 1 N–H and O–H groups in total. The number of nitrogens with one attached hydrogen (secondary N) is 1. The number of hydrogen-bond acceptors (Lipinski definition) is 5. The molecule has 0 aromatic carbocycles. The second-order valence-corrected chi connectivity index (χ2v) is 5.03. The van der Waals surface area contributed by atoms with E-state index in [1.54, 1.807) is 12.3 Å². The van der Waals surface area contributed by atoms with Gasteiger partial charge in [0.05, 0.1) is 0 Å². The summed E-state index contributed by atoms with van der Waals surface area (Å²) >= 11 is 1.92. The summed E-state index contributed by atoms with van der Waals surface area (Å²) in [6, 6.07) is 4.08. The molecule has 0 spiro atoms. The Balaban J connectivity index is 1.97. The maximum absolute atomic E-state index is 8.73. The van der Waals surface area contributed by atoms with Crippen LogP contribution in [-0.2, 0) is 0 Å².